The Labute approximate surface area is 183 Å². The second-order valence-electron chi connectivity index (χ2n) is 8.26. The van der Waals surface area contributed by atoms with Crippen LogP contribution in [0.1, 0.15) is 27.1 Å². The van der Waals surface area contributed by atoms with Crippen LogP contribution in [0.25, 0.3) is 0 Å². The maximum atomic E-state index is 12.4. The van der Waals surface area contributed by atoms with Crippen molar-refractivity contribution in [1.29, 1.82) is 0 Å². The number of rotatable bonds is 6. The van der Waals surface area contributed by atoms with Gasteiger partial charge in [-0.1, -0.05) is 36.4 Å². The minimum absolute atomic E-state index is 0.0114. The molecule has 0 aromatic heterocycles. The molecule has 0 N–H and O–H groups in total. The van der Waals surface area contributed by atoms with Gasteiger partial charge in [0.15, 0.2) is 0 Å². The summed E-state index contributed by atoms with van der Waals surface area (Å²) in [6, 6.07) is 17.0. The van der Waals surface area contributed by atoms with Crippen molar-refractivity contribution in [3.05, 3.63) is 71.8 Å². The van der Waals surface area contributed by atoms with E-state index in [1.54, 1.807) is 60.7 Å². The lowest BCUT2D eigenvalue weighted by Crippen LogP contribution is -2.47. The van der Waals surface area contributed by atoms with Crippen LogP contribution >= 0.6 is 0 Å². The van der Waals surface area contributed by atoms with E-state index in [4.69, 9.17) is 18.9 Å². The molecule has 8 heteroatoms. The fourth-order valence-corrected chi connectivity index (χ4v) is 4.94. The second-order valence-corrected chi connectivity index (χ2v) is 8.26. The number of hydrogen-bond donors (Lipinski definition) is 0. The molecule has 2 aromatic carbocycles. The lowest BCUT2D eigenvalue weighted by molar-refractivity contribution is -0.160. The van der Waals surface area contributed by atoms with Crippen molar-refractivity contribution in [1.82, 2.24) is 0 Å². The molecule has 8 nitrogen and oxygen atoms in total. The summed E-state index contributed by atoms with van der Waals surface area (Å²) < 4.78 is 21.9. The van der Waals surface area contributed by atoms with Crippen LogP contribution in [0, 0.1) is 17.8 Å². The summed E-state index contributed by atoms with van der Waals surface area (Å²) >= 11 is 0. The molecule has 3 saturated heterocycles. The number of hydrogen-bond acceptors (Lipinski definition) is 8. The van der Waals surface area contributed by atoms with E-state index in [2.05, 4.69) is 0 Å². The third kappa shape index (κ3) is 3.36. The van der Waals surface area contributed by atoms with Crippen molar-refractivity contribution in [2.45, 2.75) is 18.1 Å². The molecule has 2 aromatic rings. The Kier molecular flexibility index (Phi) is 5.01. The molecule has 2 bridgehead atoms. The first kappa shape index (κ1) is 20.4. The fourth-order valence-electron chi connectivity index (χ4n) is 4.94. The second kappa shape index (κ2) is 7.87. The average Bonchev–Trinajstić information content (AvgIpc) is 3.46. The quantitative estimate of drug-likeness (QED) is 0.385. The smallest absolute Gasteiger partial charge is 0.338 e. The van der Waals surface area contributed by atoms with Gasteiger partial charge in [0.05, 0.1) is 23.8 Å². The summed E-state index contributed by atoms with van der Waals surface area (Å²) in [6.45, 7) is -0.193. The van der Waals surface area contributed by atoms with Crippen molar-refractivity contribution in [3.8, 4) is 0 Å². The lowest BCUT2D eigenvalue weighted by Gasteiger charge is -2.31. The van der Waals surface area contributed by atoms with E-state index in [0.29, 0.717) is 17.5 Å². The SMILES string of the molecule is O=C(OC[C@@H]1C[C@@]2(COC(=O)c3ccccc3)O[C@@H]1[C@@H]1C(=O)OC(=O)[C@@H]12)c1ccccc1. The minimum Gasteiger partial charge on any atom is -0.462 e. The van der Waals surface area contributed by atoms with Gasteiger partial charge in [-0.05, 0) is 30.7 Å². The van der Waals surface area contributed by atoms with Gasteiger partial charge in [-0.25, -0.2) is 9.59 Å². The van der Waals surface area contributed by atoms with E-state index in [-0.39, 0.29) is 19.1 Å². The van der Waals surface area contributed by atoms with Crippen LogP contribution in [-0.4, -0.2) is 48.8 Å². The number of carbonyl (C=O) groups is 4. The highest BCUT2D eigenvalue weighted by Gasteiger charge is 2.72. The number of esters is 4. The monoisotopic (exact) mass is 436 g/mol. The Morgan fingerprint density at radius 1 is 0.875 bits per heavy atom. The van der Waals surface area contributed by atoms with Gasteiger partial charge < -0.3 is 18.9 Å². The van der Waals surface area contributed by atoms with Gasteiger partial charge in [0.2, 0.25) is 0 Å². The van der Waals surface area contributed by atoms with Crippen LogP contribution in [0.2, 0.25) is 0 Å². The van der Waals surface area contributed by atoms with Crippen molar-refractivity contribution in [2.24, 2.45) is 17.8 Å². The van der Waals surface area contributed by atoms with Crippen LogP contribution in [0.3, 0.4) is 0 Å². The van der Waals surface area contributed by atoms with Crippen molar-refractivity contribution in [2.75, 3.05) is 13.2 Å². The summed E-state index contributed by atoms with van der Waals surface area (Å²) in [5.74, 6) is -4.34. The molecular weight excluding hydrogens is 416 g/mol. The number of carbonyl (C=O) groups excluding carboxylic acids is 4. The standard InChI is InChI=1S/C24H20O8/c25-20(14-7-3-1-4-8-14)29-12-16-11-24(13-30-21(26)15-9-5-2-6-10-15)18-17(19(16)32-24)22(27)31-23(18)28/h1-10,16-19H,11-13H2/t16-,17+,18+,19-,24-/m0/s1. The van der Waals surface area contributed by atoms with Gasteiger partial charge in [-0.15, -0.1) is 0 Å². The third-order valence-corrected chi connectivity index (χ3v) is 6.35. The van der Waals surface area contributed by atoms with Crippen LogP contribution in [0.4, 0.5) is 0 Å². The molecule has 0 aliphatic carbocycles. The topological polar surface area (TPSA) is 105 Å². The summed E-state index contributed by atoms with van der Waals surface area (Å²) in [5.41, 5.74) is -0.407. The molecule has 0 amide bonds. The van der Waals surface area contributed by atoms with Crippen LogP contribution in [-0.2, 0) is 28.5 Å². The minimum atomic E-state index is -1.19. The summed E-state index contributed by atoms with van der Waals surface area (Å²) in [6.07, 6.45) is -0.358. The molecular formula is C24H20O8. The van der Waals surface area contributed by atoms with E-state index in [1.807, 2.05) is 0 Å². The maximum Gasteiger partial charge on any atom is 0.338 e. The zero-order valence-corrected chi connectivity index (χ0v) is 17.0. The zero-order valence-electron chi connectivity index (χ0n) is 17.0. The van der Waals surface area contributed by atoms with Gasteiger partial charge in [-0.2, -0.15) is 0 Å². The Bertz CT molecular complexity index is 1070. The van der Waals surface area contributed by atoms with Gasteiger partial charge in [0.25, 0.3) is 0 Å². The Morgan fingerprint density at radius 2 is 1.47 bits per heavy atom. The predicted octanol–water partition coefficient (Wildman–Crippen LogP) is 2.17. The molecule has 0 unspecified atom stereocenters. The molecule has 5 atom stereocenters. The van der Waals surface area contributed by atoms with Crippen molar-refractivity contribution < 1.29 is 38.1 Å². The summed E-state index contributed by atoms with van der Waals surface area (Å²) in [5, 5.41) is 0. The highest BCUT2D eigenvalue weighted by atomic mass is 16.6. The molecule has 164 valence electrons. The number of benzene rings is 2. The van der Waals surface area contributed by atoms with E-state index >= 15 is 0 Å². The van der Waals surface area contributed by atoms with E-state index in [1.165, 1.54) is 0 Å². The first-order valence-electron chi connectivity index (χ1n) is 10.4. The summed E-state index contributed by atoms with van der Waals surface area (Å²) in [7, 11) is 0. The van der Waals surface area contributed by atoms with Gasteiger partial charge >= 0.3 is 23.9 Å². The Balaban J connectivity index is 1.31. The van der Waals surface area contributed by atoms with Crippen molar-refractivity contribution in [3.63, 3.8) is 0 Å². The zero-order chi connectivity index (χ0) is 22.3. The maximum absolute atomic E-state index is 12.4. The highest BCUT2D eigenvalue weighted by Crippen LogP contribution is 2.57. The Hall–Kier alpha value is -3.52. The molecule has 3 fully saturated rings. The normalized spacial score (nSPS) is 30.0. The predicted molar refractivity (Wildman–Crippen MR) is 107 cm³/mol. The van der Waals surface area contributed by atoms with Crippen molar-refractivity contribution >= 4 is 23.9 Å². The molecule has 5 rings (SSSR count). The van der Waals surface area contributed by atoms with Crippen LogP contribution in [0.15, 0.2) is 60.7 Å². The lowest BCUT2D eigenvalue weighted by atomic mass is 9.69. The van der Waals surface area contributed by atoms with Gasteiger partial charge in [-0.3, -0.25) is 9.59 Å². The Morgan fingerprint density at radius 3 is 2.09 bits per heavy atom. The van der Waals surface area contributed by atoms with Gasteiger partial charge in [0, 0.05) is 5.92 Å². The third-order valence-electron chi connectivity index (χ3n) is 6.35. The number of ether oxygens (including phenoxy) is 4. The fraction of sp³-hybridized carbons (Fsp3) is 0.333. The molecule has 0 radical (unpaired) electrons. The molecule has 3 aliphatic rings. The highest BCUT2D eigenvalue weighted by molar-refractivity contribution is 5.98. The molecule has 3 heterocycles. The first-order valence-corrected chi connectivity index (χ1v) is 10.4. The van der Waals surface area contributed by atoms with E-state index < -0.39 is 47.4 Å². The van der Waals surface area contributed by atoms with E-state index in [9.17, 15) is 19.2 Å². The average molecular weight is 436 g/mol. The van der Waals surface area contributed by atoms with Crippen LogP contribution < -0.4 is 0 Å². The van der Waals surface area contributed by atoms with E-state index in [0.717, 1.165) is 0 Å². The first-order chi connectivity index (χ1) is 15.5. The molecule has 0 saturated carbocycles. The molecule has 0 spiro atoms. The molecule has 32 heavy (non-hydrogen) atoms. The number of fused-ring (bicyclic) bond motifs is 5. The van der Waals surface area contributed by atoms with Gasteiger partial charge in [0.1, 0.15) is 24.0 Å². The largest absolute Gasteiger partial charge is 0.462 e. The number of cyclic esters (lactones) is 2. The molecule has 3 aliphatic heterocycles. The van der Waals surface area contributed by atoms with Crippen LogP contribution in [0.5, 0.6) is 0 Å². The summed E-state index contributed by atoms with van der Waals surface area (Å²) in [4.78, 5) is 49.5.